The molecule has 2 aromatic rings. The first-order chi connectivity index (χ1) is 6.63. The first-order valence-electron chi connectivity index (χ1n) is 4.22. The lowest BCUT2D eigenvalue weighted by Gasteiger charge is -1.97. The summed E-state index contributed by atoms with van der Waals surface area (Å²) in [5, 5.41) is 0. The molecule has 74 valence electrons. The molecule has 2 rings (SSSR count). The monoisotopic (exact) mass is 227 g/mol. The molecule has 0 saturated heterocycles. The summed E-state index contributed by atoms with van der Waals surface area (Å²) in [7, 11) is 1.83. The summed E-state index contributed by atoms with van der Waals surface area (Å²) in [4.78, 5) is 18.6. The zero-order chi connectivity index (χ0) is 10.3. The van der Waals surface area contributed by atoms with Gasteiger partial charge >= 0.3 is 0 Å². The van der Waals surface area contributed by atoms with Gasteiger partial charge in [0.25, 0.3) is 5.56 Å². The minimum Gasteiger partial charge on any atom is -0.311 e. The molecule has 0 fully saturated rings. The number of thiazole rings is 1. The Balaban J connectivity index is 2.98. The molecule has 2 heterocycles. The summed E-state index contributed by atoms with van der Waals surface area (Å²) >= 11 is 6.38. The van der Waals surface area contributed by atoms with E-state index in [0.717, 1.165) is 0 Å². The van der Waals surface area contributed by atoms with E-state index in [1.54, 1.807) is 4.57 Å². The first-order valence-corrected chi connectivity index (χ1v) is 5.44. The highest BCUT2D eigenvalue weighted by molar-refractivity contribution is 7.73. The number of hydrogen-bond donors (Lipinski definition) is 1. The van der Waals surface area contributed by atoms with Crippen molar-refractivity contribution >= 4 is 33.9 Å². The standard InChI is InChI=1S/C8H9N3OS2/c1-3-4-9-6-5(7(12)10-4)14-8(13)11(6)2/h3H2,1-2H3,(H,9,10,12). The van der Waals surface area contributed by atoms with Gasteiger partial charge in [-0.3, -0.25) is 4.79 Å². The van der Waals surface area contributed by atoms with Gasteiger partial charge in [-0.05, 0) is 12.2 Å². The summed E-state index contributed by atoms with van der Waals surface area (Å²) in [6, 6.07) is 0. The number of hydrogen-bond acceptors (Lipinski definition) is 4. The molecule has 0 aliphatic heterocycles. The number of H-pyrrole nitrogens is 1. The number of rotatable bonds is 1. The van der Waals surface area contributed by atoms with Gasteiger partial charge in [0.05, 0.1) is 0 Å². The van der Waals surface area contributed by atoms with Crippen LogP contribution in [0.15, 0.2) is 4.79 Å². The van der Waals surface area contributed by atoms with Crippen molar-refractivity contribution in [2.45, 2.75) is 13.3 Å². The predicted molar refractivity (Wildman–Crippen MR) is 59.4 cm³/mol. The van der Waals surface area contributed by atoms with Crippen molar-refractivity contribution < 1.29 is 0 Å². The van der Waals surface area contributed by atoms with Gasteiger partial charge in [0, 0.05) is 13.5 Å². The largest absolute Gasteiger partial charge is 0.311 e. The molecule has 2 aromatic heterocycles. The van der Waals surface area contributed by atoms with Gasteiger partial charge in [-0.2, -0.15) is 0 Å². The molecule has 0 aliphatic carbocycles. The van der Waals surface area contributed by atoms with E-state index in [2.05, 4.69) is 9.97 Å². The minimum atomic E-state index is -0.0939. The molecule has 1 N–H and O–H groups in total. The lowest BCUT2D eigenvalue weighted by atomic mass is 10.4. The molecule has 0 radical (unpaired) electrons. The van der Waals surface area contributed by atoms with E-state index in [-0.39, 0.29) is 5.56 Å². The van der Waals surface area contributed by atoms with Crippen LogP contribution in [0.2, 0.25) is 0 Å². The van der Waals surface area contributed by atoms with Crippen molar-refractivity contribution in [3.8, 4) is 0 Å². The first kappa shape index (κ1) is 9.54. The molecule has 6 heteroatoms. The Morgan fingerprint density at radius 3 is 3.00 bits per heavy atom. The number of nitrogens with one attached hydrogen (secondary N) is 1. The van der Waals surface area contributed by atoms with E-state index in [1.165, 1.54) is 11.3 Å². The van der Waals surface area contributed by atoms with Crippen molar-refractivity contribution in [2.24, 2.45) is 7.05 Å². The van der Waals surface area contributed by atoms with Crippen LogP contribution in [0.1, 0.15) is 12.7 Å². The fraction of sp³-hybridized carbons (Fsp3) is 0.375. The third-order valence-corrected chi connectivity index (χ3v) is 3.57. The van der Waals surface area contributed by atoms with Gasteiger partial charge in [0.1, 0.15) is 10.5 Å². The average Bonchev–Trinajstić information content (AvgIpc) is 2.45. The van der Waals surface area contributed by atoms with Crippen LogP contribution < -0.4 is 5.56 Å². The molecule has 0 aromatic carbocycles. The van der Waals surface area contributed by atoms with E-state index < -0.39 is 0 Å². The minimum absolute atomic E-state index is 0.0939. The lowest BCUT2D eigenvalue weighted by molar-refractivity contribution is 0.890. The van der Waals surface area contributed by atoms with Crippen molar-refractivity contribution in [1.29, 1.82) is 0 Å². The molecule has 0 atom stereocenters. The molecular weight excluding hydrogens is 218 g/mol. The van der Waals surface area contributed by atoms with Crippen molar-refractivity contribution in [3.05, 3.63) is 20.1 Å². The summed E-state index contributed by atoms with van der Waals surface area (Å²) in [6.45, 7) is 1.95. The van der Waals surface area contributed by atoms with Crippen LogP contribution in [0, 0.1) is 3.95 Å². The maximum atomic E-state index is 11.6. The molecule has 0 saturated carbocycles. The maximum absolute atomic E-state index is 11.6. The topological polar surface area (TPSA) is 50.7 Å². The van der Waals surface area contributed by atoms with Crippen LogP contribution in [-0.2, 0) is 13.5 Å². The van der Waals surface area contributed by atoms with Gasteiger partial charge in [0.15, 0.2) is 9.60 Å². The van der Waals surface area contributed by atoms with Crippen LogP contribution in [0.5, 0.6) is 0 Å². The summed E-state index contributed by atoms with van der Waals surface area (Å²) in [5.74, 6) is 0.700. The summed E-state index contributed by atoms with van der Waals surface area (Å²) in [5.41, 5.74) is 0.587. The third-order valence-electron chi connectivity index (χ3n) is 2.02. The van der Waals surface area contributed by atoms with Crippen LogP contribution in [0.4, 0.5) is 0 Å². The maximum Gasteiger partial charge on any atom is 0.270 e. The number of fused-ring (bicyclic) bond motifs is 1. The second-order valence-electron chi connectivity index (χ2n) is 2.95. The highest BCUT2D eigenvalue weighted by Gasteiger charge is 2.08. The van der Waals surface area contributed by atoms with Crippen molar-refractivity contribution in [2.75, 3.05) is 0 Å². The van der Waals surface area contributed by atoms with E-state index in [1.807, 2.05) is 14.0 Å². The van der Waals surface area contributed by atoms with Crippen LogP contribution in [0.25, 0.3) is 10.3 Å². The van der Waals surface area contributed by atoms with Crippen molar-refractivity contribution in [3.63, 3.8) is 0 Å². The summed E-state index contributed by atoms with van der Waals surface area (Å²) < 4.78 is 3.05. The normalized spacial score (nSPS) is 11.0. The molecule has 0 amide bonds. The van der Waals surface area contributed by atoms with E-state index >= 15 is 0 Å². The Morgan fingerprint density at radius 2 is 2.36 bits per heavy atom. The summed E-state index contributed by atoms with van der Waals surface area (Å²) in [6.07, 6.45) is 0.716. The van der Waals surface area contributed by atoms with Gasteiger partial charge in [0.2, 0.25) is 0 Å². The van der Waals surface area contributed by atoms with E-state index in [9.17, 15) is 4.79 Å². The zero-order valence-electron chi connectivity index (χ0n) is 7.83. The van der Waals surface area contributed by atoms with Gasteiger partial charge in [-0.15, -0.1) is 0 Å². The Morgan fingerprint density at radius 1 is 1.64 bits per heavy atom. The SMILES string of the molecule is CCc1nc2c(sc(=S)n2C)c(=O)[nH]1. The second-order valence-corrected chi connectivity index (χ2v) is 4.59. The molecule has 0 aliphatic rings. The van der Waals surface area contributed by atoms with Crippen LogP contribution in [-0.4, -0.2) is 14.5 Å². The fourth-order valence-electron chi connectivity index (χ4n) is 1.22. The Hall–Kier alpha value is -1.01. The van der Waals surface area contributed by atoms with E-state index in [0.29, 0.717) is 26.5 Å². The quantitative estimate of drug-likeness (QED) is 0.753. The molecule has 0 spiro atoms. The Kier molecular flexibility index (Phi) is 2.24. The van der Waals surface area contributed by atoms with E-state index in [4.69, 9.17) is 12.2 Å². The second kappa shape index (κ2) is 3.29. The van der Waals surface area contributed by atoms with Gasteiger partial charge in [-0.25, -0.2) is 4.98 Å². The van der Waals surface area contributed by atoms with Gasteiger partial charge < -0.3 is 9.55 Å². The number of nitrogens with zero attached hydrogens (tertiary/aromatic N) is 2. The molecule has 14 heavy (non-hydrogen) atoms. The molecule has 0 unspecified atom stereocenters. The average molecular weight is 227 g/mol. The predicted octanol–water partition coefficient (Wildman–Crippen LogP) is 1.61. The number of aryl methyl sites for hydroxylation is 2. The molecule has 0 bridgehead atoms. The highest BCUT2D eigenvalue weighted by Crippen LogP contribution is 2.15. The third kappa shape index (κ3) is 1.31. The number of aromatic nitrogens is 3. The zero-order valence-corrected chi connectivity index (χ0v) is 9.46. The smallest absolute Gasteiger partial charge is 0.270 e. The van der Waals surface area contributed by atoms with Crippen LogP contribution in [0.3, 0.4) is 0 Å². The Labute approximate surface area is 89.2 Å². The highest BCUT2D eigenvalue weighted by atomic mass is 32.1. The lowest BCUT2D eigenvalue weighted by Crippen LogP contribution is -2.10. The van der Waals surface area contributed by atoms with Crippen molar-refractivity contribution in [1.82, 2.24) is 14.5 Å². The number of aromatic amines is 1. The molecular formula is C8H9N3OS2. The fourth-order valence-corrected chi connectivity index (χ4v) is 2.38. The van der Waals surface area contributed by atoms with Gasteiger partial charge in [-0.1, -0.05) is 18.3 Å². The Bertz CT molecular complexity index is 593. The van der Waals surface area contributed by atoms with Crippen LogP contribution >= 0.6 is 23.6 Å². The molecule has 4 nitrogen and oxygen atoms in total.